The molecule has 3 aromatic rings. The third kappa shape index (κ3) is 7.14. The molecule has 0 bridgehead atoms. The second-order valence-electron chi connectivity index (χ2n) is 10.5. The third-order valence-electron chi connectivity index (χ3n) is 7.56. The van der Waals surface area contributed by atoms with E-state index in [0.29, 0.717) is 16.8 Å². The molecule has 3 aromatic carbocycles. The molecule has 15 heteroatoms. The van der Waals surface area contributed by atoms with E-state index in [2.05, 4.69) is 4.28 Å². The first-order valence-corrected chi connectivity index (χ1v) is 15.2. The van der Waals surface area contributed by atoms with Crippen LogP contribution in [0.1, 0.15) is 36.1 Å². The highest BCUT2D eigenvalue weighted by atomic mass is 32.2. The highest BCUT2D eigenvalue weighted by Gasteiger charge is 2.49. The summed E-state index contributed by atoms with van der Waals surface area (Å²) in [7, 11) is -4.18. The second-order valence-corrected chi connectivity index (χ2v) is 11.6. The zero-order valence-electron chi connectivity index (χ0n) is 23.3. The number of anilines is 1. The van der Waals surface area contributed by atoms with Gasteiger partial charge in [0, 0.05) is 43.5 Å². The van der Waals surface area contributed by atoms with Gasteiger partial charge in [-0.15, -0.1) is 0 Å². The fourth-order valence-electron chi connectivity index (χ4n) is 5.36. The van der Waals surface area contributed by atoms with Crippen molar-refractivity contribution in [2.75, 3.05) is 31.1 Å². The molecule has 0 saturated carbocycles. The van der Waals surface area contributed by atoms with Gasteiger partial charge in [-0.1, -0.05) is 12.1 Å². The van der Waals surface area contributed by atoms with Crippen molar-refractivity contribution in [3.63, 3.8) is 0 Å². The molecule has 0 radical (unpaired) electrons. The predicted molar refractivity (Wildman–Crippen MR) is 152 cm³/mol. The largest absolute Gasteiger partial charge is 0.507 e. The minimum atomic E-state index is -4.18. The number of phenols is 1. The lowest BCUT2D eigenvalue weighted by atomic mass is 9.78. The van der Waals surface area contributed by atoms with Crippen LogP contribution in [0.3, 0.4) is 0 Å². The molecule has 234 valence electrons. The Balaban J connectivity index is 1.30. The van der Waals surface area contributed by atoms with Gasteiger partial charge >= 0.3 is 16.4 Å². The molecule has 2 amide bonds. The molecule has 5 rings (SSSR count). The molecule has 44 heavy (non-hydrogen) atoms. The van der Waals surface area contributed by atoms with Gasteiger partial charge in [-0.25, -0.2) is 18.7 Å². The van der Waals surface area contributed by atoms with E-state index in [1.165, 1.54) is 76.5 Å². The summed E-state index contributed by atoms with van der Waals surface area (Å²) in [5.74, 6) is -2.08. The SMILES string of the molecule is NS(=O)(=O)ON1CCN(C(=O)Oc2ccc(C3C(CCC(O)c4ccc(F)cc4)C(=O)N3c3ccc(F)cc3)c(O)c2)CC1. The first kappa shape index (κ1) is 31.3. The van der Waals surface area contributed by atoms with Crippen LogP contribution >= 0.6 is 0 Å². The number of hydrogen-bond donors (Lipinski definition) is 3. The van der Waals surface area contributed by atoms with Crippen LogP contribution in [0.15, 0.2) is 66.7 Å². The molecule has 0 aliphatic carbocycles. The van der Waals surface area contributed by atoms with Crippen LogP contribution in [0.2, 0.25) is 0 Å². The van der Waals surface area contributed by atoms with Crippen molar-refractivity contribution in [1.29, 1.82) is 0 Å². The van der Waals surface area contributed by atoms with Crippen LogP contribution in [0.5, 0.6) is 11.5 Å². The van der Waals surface area contributed by atoms with Crippen LogP contribution in [-0.4, -0.2) is 66.8 Å². The van der Waals surface area contributed by atoms with E-state index in [9.17, 15) is 37.0 Å². The second kappa shape index (κ2) is 12.8. The van der Waals surface area contributed by atoms with Crippen LogP contribution in [0.4, 0.5) is 19.3 Å². The van der Waals surface area contributed by atoms with Crippen molar-refractivity contribution in [3.05, 3.63) is 89.5 Å². The molecule has 2 aliphatic rings. The number of piperazine rings is 1. The van der Waals surface area contributed by atoms with Gasteiger partial charge in [0.05, 0.1) is 18.1 Å². The van der Waals surface area contributed by atoms with E-state index < -0.39 is 46.1 Å². The number of nitrogens with two attached hydrogens (primary N) is 1. The number of aliphatic hydroxyl groups is 1. The summed E-state index contributed by atoms with van der Waals surface area (Å²) in [4.78, 5) is 28.8. The quantitative estimate of drug-likeness (QED) is 0.301. The maximum absolute atomic E-state index is 13.6. The topological polar surface area (TPSA) is 163 Å². The van der Waals surface area contributed by atoms with Crippen LogP contribution in [-0.2, 0) is 19.4 Å². The first-order valence-electron chi connectivity index (χ1n) is 13.7. The number of benzene rings is 3. The van der Waals surface area contributed by atoms with Crippen molar-refractivity contribution in [1.82, 2.24) is 9.96 Å². The maximum atomic E-state index is 13.6. The van der Waals surface area contributed by atoms with Gasteiger partial charge in [0.1, 0.15) is 23.1 Å². The molecular formula is C29H30F2N4O8S. The molecule has 0 spiro atoms. The zero-order chi connectivity index (χ0) is 31.6. The average Bonchev–Trinajstić information content (AvgIpc) is 2.97. The van der Waals surface area contributed by atoms with Gasteiger partial charge in [-0.05, 0) is 66.9 Å². The van der Waals surface area contributed by atoms with Gasteiger partial charge < -0.3 is 24.7 Å². The lowest BCUT2D eigenvalue weighted by Crippen LogP contribution is -2.55. The average molecular weight is 633 g/mol. The molecule has 2 saturated heterocycles. The molecule has 3 unspecified atom stereocenters. The number of amides is 2. The van der Waals surface area contributed by atoms with E-state index in [4.69, 9.17) is 9.88 Å². The van der Waals surface area contributed by atoms with E-state index in [1.54, 1.807) is 0 Å². The Morgan fingerprint density at radius 2 is 1.59 bits per heavy atom. The van der Waals surface area contributed by atoms with Gasteiger partial charge in [0.15, 0.2) is 0 Å². The number of phenolic OH excluding ortho intramolecular Hbond substituents is 1. The number of aromatic hydroxyl groups is 1. The van der Waals surface area contributed by atoms with Crippen LogP contribution < -0.4 is 14.8 Å². The molecule has 12 nitrogen and oxygen atoms in total. The van der Waals surface area contributed by atoms with Crippen LogP contribution in [0.25, 0.3) is 0 Å². The number of ether oxygens (including phenoxy) is 1. The Labute approximate surface area is 252 Å². The Kier molecular flexibility index (Phi) is 9.12. The number of hydroxylamine groups is 2. The fourth-order valence-corrected chi connectivity index (χ4v) is 5.80. The molecule has 4 N–H and O–H groups in total. The van der Waals surface area contributed by atoms with E-state index in [1.807, 2.05) is 0 Å². The first-order chi connectivity index (χ1) is 20.9. The number of halogens is 2. The number of nitrogens with zero attached hydrogens (tertiary/aromatic N) is 3. The third-order valence-corrected chi connectivity index (χ3v) is 7.98. The minimum absolute atomic E-state index is 0.0294. The van der Waals surface area contributed by atoms with Gasteiger partial charge in [-0.2, -0.15) is 17.8 Å². The Morgan fingerprint density at radius 1 is 0.977 bits per heavy atom. The van der Waals surface area contributed by atoms with E-state index >= 15 is 0 Å². The fraction of sp³-hybridized carbons (Fsp3) is 0.310. The van der Waals surface area contributed by atoms with Crippen molar-refractivity contribution in [2.24, 2.45) is 11.1 Å². The summed E-state index contributed by atoms with van der Waals surface area (Å²) in [6, 6.07) is 14.3. The maximum Gasteiger partial charge on any atom is 0.415 e. The summed E-state index contributed by atoms with van der Waals surface area (Å²) in [5.41, 5.74) is 1.26. The number of hydrogen-bond acceptors (Lipinski definition) is 9. The number of rotatable bonds is 9. The monoisotopic (exact) mass is 632 g/mol. The van der Waals surface area contributed by atoms with Crippen molar-refractivity contribution in [2.45, 2.75) is 25.0 Å². The number of carbonyl (C=O) groups is 2. The lowest BCUT2D eigenvalue weighted by molar-refractivity contribution is -0.131. The van der Waals surface area contributed by atoms with Crippen molar-refractivity contribution in [3.8, 4) is 11.5 Å². The molecule has 2 aliphatic heterocycles. The summed E-state index contributed by atoms with van der Waals surface area (Å²) in [6.45, 7) is 0.338. The Morgan fingerprint density at radius 3 is 2.18 bits per heavy atom. The Hall–Kier alpha value is -4.15. The minimum Gasteiger partial charge on any atom is -0.507 e. The zero-order valence-corrected chi connectivity index (χ0v) is 24.1. The smallest absolute Gasteiger partial charge is 0.415 e. The van der Waals surface area contributed by atoms with Crippen molar-refractivity contribution < 1.29 is 46.0 Å². The standard InChI is InChI=1S/C29H30F2N4O8S/c30-19-3-1-18(2-4-19)25(36)12-11-24-27(35(28(24)38)21-7-5-20(31)6-8-21)23-10-9-22(17-26(23)37)42-29(39)33-13-15-34(16-14-33)43-44(32,40)41/h1-10,17,24-25,27,36-37H,11-16H2,(H2,32,40,41). The predicted octanol–water partition coefficient (Wildman–Crippen LogP) is 3.14. The van der Waals surface area contributed by atoms with Crippen molar-refractivity contribution >= 4 is 28.0 Å². The van der Waals surface area contributed by atoms with Gasteiger partial charge in [0.25, 0.3) is 0 Å². The molecule has 2 fully saturated rings. The van der Waals surface area contributed by atoms with E-state index in [0.717, 1.165) is 5.06 Å². The summed E-state index contributed by atoms with van der Waals surface area (Å²) in [6.07, 6.45) is -1.27. The highest BCUT2D eigenvalue weighted by molar-refractivity contribution is 7.84. The molecular weight excluding hydrogens is 602 g/mol. The Bertz CT molecular complexity index is 1620. The van der Waals surface area contributed by atoms with Crippen LogP contribution in [0, 0.1) is 17.6 Å². The molecule has 0 aromatic heterocycles. The molecule has 2 heterocycles. The summed E-state index contributed by atoms with van der Waals surface area (Å²) < 4.78 is 59.1. The molecule has 3 atom stereocenters. The van der Waals surface area contributed by atoms with E-state index in [-0.39, 0.29) is 56.4 Å². The normalized spacial score (nSPS) is 19.9. The highest BCUT2D eigenvalue weighted by Crippen LogP contribution is 2.49. The number of aliphatic hydroxyl groups excluding tert-OH is 1. The number of β-lactam (4-membered cyclic amide) rings is 1. The number of carbonyl (C=O) groups excluding carboxylic acids is 2. The van der Waals surface area contributed by atoms with Gasteiger partial charge in [0.2, 0.25) is 5.91 Å². The lowest BCUT2D eigenvalue weighted by Gasteiger charge is -2.48. The summed E-state index contributed by atoms with van der Waals surface area (Å²) >= 11 is 0. The van der Waals surface area contributed by atoms with Gasteiger partial charge in [-0.3, -0.25) is 4.79 Å². The summed E-state index contributed by atoms with van der Waals surface area (Å²) in [5, 5.41) is 27.6.